The lowest BCUT2D eigenvalue weighted by Gasteiger charge is -2.06. The van der Waals surface area contributed by atoms with Gasteiger partial charge in [0.05, 0.1) is 11.3 Å². The van der Waals surface area contributed by atoms with E-state index in [1.807, 2.05) is 0 Å². The Morgan fingerprint density at radius 3 is 2.81 bits per heavy atom. The Bertz CT molecular complexity index is 565. The van der Waals surface area contributed by atoms with E-state index in [1.165, 1.54) is 6.07 Å². The third-order valence-corrected chi connectivity index (χ3v) is 2.22. The molecule has 0 saturated heterocycles. The monoisotopic (exact) mass is 212 g/mol. The average Bonchev–Trinajstić information content (AvgIpc) is 2.81. The lowest BCUT2D eigenvalue weighted by atomic mass is 9.99. The summed E-state index contributed by atoms with van der Waals surface area (Å²) in [6.07, 6.45) is 6.90. The van der Waals surface area contributed by atoms with Crippen molar-refractivity contribution in [2.75, 3.05) is 0 Å². The number of H-pyrrole nitrogens is 1. The van der Waals surface area contributed by atoms with Crippen molar-refractivity contribution >= 4 is 5.97 Å². The second kappa shape index (κ2) is 3.91. The SMILES string of the molecule is C#Cc1cccc(C(=O)O)c1-c1ccn[nH]1. The number of aromatic amines is 1. The quantitative estimate of drug-likeness (QED) is 0.745. The summed E-state index contributed by atoms with van der Waals surface area (Å²) in [5, 5.41) is 15.6. The first kappa shape index (κ1) is 9.99. The van der Waals surface area contributed by atoms with Gasteiger partial charge in [0.15, 0.2) is 0 Å². The Morgan fingerprint density at radius 2 is 2.25 bits per heavy atom. The van der Waals surface area contributed by atoms with E-state index < -0.39 is 5.97 Å². The maximum absolute atomic E-state index is 11.1. The largest absolute Gasteiger partial charge is 0.478 e. The highest BCUT2D eigenvalue weighted by atomic mass is 16.4. The van der Waals surface area contributed by atoms with E-state index in [9.17, 15) is 4.79 Å². The molecule has 0 radical (unpaired) electrons. The van der Waals surface area contributed by atoms with Gasteiger partial charge in [-0.2, -0.15) is 5.10 Å². The summed E-state index contributed by atoms with van der Waals surface area (Å²) in [5.41, 5.74) is 1.80. The molecule has 0 amide bonds. The van der Waals surface area contributed by atoms with Crippen molar-refractivity contribution in [3.8, 4) is 23.6 Å². The van der Waals surface area contributed by atoms with Gasteiger partial charge in [-0.1, -0.05) is 12.0 Å². The van der Waals surface area contributed by atoms with Crippen LogP contribution in [0.2, 0.25) is 0 Å². The number of rotatable bonds is 2. The average molecular weight is 212 g/mol. The summed E-state index contributed by atoms with van der Waals surface area (Å²) in [5.74, 6) is 1.46. The number of hydrogen-bond acceptors (Lipinski definition) is 2. The molecule has 0 fully saturated rings. The van der Waals surface area contributed by atoms with Crippen molar-refractivity contribution in [3.05, 3.63) is 41.6 Å². The number of nitrogens with zero attached hydrogens (tertiary/aromatic N) is 1. The molecule has 0 bridgehead atoms. The Hall–Kier alpha value is -2.54. The van der Waals surface area contributed by atoms with Gasteiger partial charge in [-0.3, -0.25) is 5.10 Å². The van der Waals surface area contributed by atoms with Crippen LogP contribution in [0.1, 0.15) is 15.9 Å². The lowest BCUT2D eigenvalue weighted by molar-refractivity contribution is 0.0697. The molecular formula is C12H8N2O2. The van der Waals surface area contributed by atoms with E-state index in [1.54, 1.807) is 24.4 Å². The molecule has 4 heteroatoms. The Kier molecular flexibility index (Phi) is 2.44. The van der Waals surface area contributed by atoms with Gasteiger partial charge in [0.1, 0.15) is 0 Å². The molecule has 0 atom stereocenters. The number of aromatic nitrogens is 2. The zero-order valence-electron chi connectivity index (χ0n) is 8.27. The number of terminal acetylenes is 1. The second-order valence-corrected chi connectivity index (χ2v) is 3.15. The van der Waals surface area contributed by atoms with Gasteiger partial charge in [-0.25, -0.2) is 4.79 Å². The van der Waals surface area contributed by atoms with Crippen LogP contribution in [0.15, 0.2) is 30.5 Å². The van der Waals surface area contributed by atoms with Crippen LogP contribution >= 0.6 is 0 Å². The molecule has 2 aromatic rings. The van der Waals surface area contributed by atoms with Crippen molar-refractivity contribution in [2.24, 2.45) is 0 Å². The van der Waals surface area contributed by atoms with Crippen LogP contribution in [0.4, 0.5) is 0 Å². The molecule has 0 aliphatic heterocycles. The highest BCUT2D eigenvalue weighted by Crippen LogP contribution is 2.25. The molecule has 16 heavy (non-hydrogen) atoms. The van der Waals surface area contributed by atoms with E-state index in [2.05, 4.69) is 16.1 Å². The van der Waals surface area contributed by atoms with E-state index in [0.717, 1.165) is 0 Å². The van der Waals surface area contributed by atoms with Crippen molar-refractivity contribution in [1.82, 2.24) is 10.2 Å². The topological polar surface area (TPSA) is 66.0 Å². The summed E-state index contributed by atoms with van der Waals surface area (Å²) in [6.45, 7) is 0. The first-order chi connectivity index (χ1) is 7.74. The van der Waals surface area contributed by atoms with E-state index in [0.29, 0.717) is 16.8 Å². The molecule has 0 aliphatic carbocycles. The molecule has 2 rings (SSSR count). The minimum absolute atomic E-state index is 0.166. The predicted molar refractivity (Wildman–Crippen MR) is 58.9 cm³/mol. The molecule has 1 aromatic heterocycles. The zero-order valence-corrected chi connectivity index (χ0v) is 8.27. The lowest BCUT2D eigenvalue weighted by Crippen LogP contribution is -2.01. The fraction of sp³-hybridized carbons (Fsp3) is 0. The highest BCUT2D eigenvalue weighted by Gasteiger charge is 2.15. The maximum atomic E-state index is 11.1. The van der Waals surface area contributed by atoms with E-state index in [4.69, 9.17) is 11.5 Å². The molecule has 0 aliphatic rings. The Balaban J connectivity index is 2.75. The molecular weight excluding hydrogens is 204 g/mol. The number of carboxylic acids is 1. The summed E-state index contributed by atoms with van der Waals surface area (Å²) in [7, 11) is 0. The van der Waals surface area contributed by atoms with Crippen molar-refractivity contribution in [2.45, 2.75) is 0 Å². The van der Waals surface area contributed by atoms with Crippen LogP contribution in [0.5, 0.6) is 0 Å². The number of carboxylic acid groups (broad SMARTS) is 1. The van der Waals surface area contributed by atoms with Crippen LogP contribution in [-0.2, 0) is 0 Å². The number of hydrogen-bond donors (Lipinski definition) is 2. The molecule has 0 saturated carbocycles. The normalized spacial score (nSPS) is 9.69. The highest BCUT2D eigenvalue weighted by molar-refractivity contribution is 5.97. The molecule has 2 N–H and O–H groups in total. The van der Waals surface area contributed by atoms with Gasteiger partial charge in [0.25, 0.3) is 0 Å². The van der Waals surface area contributed by atoms with Crippen LogP contribution < -0.4 is 0 Å². The van der Waals surface area contributed by atoms with Crippen LogP contribution in [-0.4, -0.2) is 21.3 Å². The summed E-state index contributed by atoms with van der Waals surface area (Å²) < 4.78 is 0. The Labute approximate surface area is 91.9 Å². The molecule has 4 nitrogen and oxygen atoms in total. The maximum Gasteiger partial charge on any atom is 0.336 e. The first-order valence-electron chi connectivity index (χ1n) is 4.56. The van der Waals surface area contributed by atoms with Crippen LogP contribution in [0.3, 0.4) is 0 Å². The van der Waals surface area contributed by atoms with Gasteiger partial charge in [0, 0.05) is 17.3 Å². The zero-order chi connectivity index (χ0) is 11.5. The molecule has 0 spiro atoms. The predicted octanol–water partition coefficient (Wildman–Crippen LogP) is 1.76. The number of nitrogens with one attached hydrogen (secondary N) is 1. The number of aromatic carboxylic acids is 1. The number of carbonyl (C=O) groups is 1. The van der Waals surface area contributed by atoms with Crippen molar-refractivity contribution in [1.29, 1.82) is 0 Å². The number of benzene rings is 1. The molecule has 1 heterocycles. The fourth-order valence-corrected chi connectivity index (χ4v) is 1.54. The first-order valence-corrected chi connectivity index (χ1v) is 4.56. The summed E-state index contributed by atoms with van der Waals surface area (Å²) in [6, 6.07) is 6.52. The minimum Gasteiger partial charge on any atom is -0.478 e. The van der Waals surface area contributed by atoms with Gasteiger partial charge in [0.2, 0.25) is 0 Å². The van der Waals surface area contributed by atoms with Crippen LogP contribution in [0, 0.1) is 12.3 Å². The standard InChI is InChI=1S/C12H8N2O2/c1-2-8-4-3-5-9(12(15)16)11(8)10-6-7-13-14-10/h1,3-7H,(H,13,14)(H,15,16). The smallest absolute Gasteiger partial charge is 0.336 e. The van der Waals surface area contributed by atoms with Crippen molar-refractivity contribution < 1.29 is 9.90 Å². The molecule has 0 unspecified atom stereocenters. The summed E-state index contributed by atoms with van der Waals surface area (Å²) in [4.78, 5) is 11.1. The van der Waals surface area contributed by atoms with Gasteiger partial charge in [-0.15, -0.1) is 6.42 Å². The molecule has 1 aromatic carbocycles. The van der Waals surface area contributed by atoms with E-state index >= 15 is 0 Å². The minimum atomic E-state index is -1.01. The van der Waals surface area contributed by atoms with Gasteiger partial charge < -0.3 is 5.11 Å². The third-order valence-electron chi connectivity index (χ3n) is 2.22. The second-order valence-electron chi connectivity index (χ2n) is 3.15. The van der Waals surface area contributed by atoms with Gasteiger partial charge >= 0.3 is 5.97 Å². The third kappa shape index (κ3) is 1.55. The van der Waals surface area contributed by atoms with Crippen LogP contribution in [0.25, 0.3) is 11.3 Å². The van der Waals surface area contributed by atoms with Gasteiger partial charge in [-0.05, 0) is 18.2 Å². The molecule has 78 valence electrons. The Morgan fingerprint density at radius 1 is 1.44 bits per heavy atom. The fourth-order valence-electron chi connectivity index (χ4n) is 1.54. The van der Waals surface area contributed by atoms with Crippen molar-refractivity contribution in [3.63, 3.8) is 0 Å². The summed E-state index contributed by atoms with van der Waals surface area (Å²) >= 11 is 0. The van der Waals surface area contributed by atoms with E-state index in [-0.39, 0.29) is 5.56 Å².